The molecule has 20 heavy (non-hydrogen) atoms. The van der Waals surface area contributed by atoms with E-state index in [1.807, 2.05) is 19.9 Å². The molecule has 0 spiro atoms. The summed E-state index contributed by atoms with van der Waals surface area (Å²) in [5.41, 5.74) is 1.22. The van der Waals surface area contributed by atoms with Gasteiger partial charge in [-0.3, -0.25) is 0 Å². The van der Waals surface area contributed by atoms with Gasteiger partial charge in [-0.1, -0.05) is 13.0 Å². The van der Waals surface area contributed by atoms with E-state index in [4.69, 9.17) is 9.47 Å². The molecule has 0 bridgehead atoms. The third-order valence-corrected chi connectivity index (χ3v) is 2.89. The highest BCUT2D eigenvalue weighted by molar-refractivity contribution is 5.43. The molecule has 0 aliphatic carbocycles. The fourth-order valence-corrected chi connectivity index (χ4v) is 1.95. The van der Waals surface area contributed by atoms with E-state index in [1.165, 1.54) is 5.56 Å². The van der Waals surface area contributed by atoms with Gasteiger partial charge in [0.1, 0.15) is 0 Å². The van der Waals surface area contributed by atoms with Crippen LogP contribution in [-0.2, 0) is 6.54 Å². The Balaban J connectivity index is 2.43. The summed E-state index contributed by atoms with van der Waals surface area (Å²) < 4.78 is 11.2. The van der Waals surface area contributed by atoms with E-state index >= 15 is 0 Å². The van der Waals surface area contributed by atoms with E-state index in [1.54, 1.807) is 0 Å². The van der Waals surface area contributed by atoms with Crippen molar-refractivity contribution in [1.82, 2.24) is 10.6 Å². The zero-order valence-electron chi connectivity index (χ0n) is 13.0. The van der Waals surface area contributed by atoms with Gasteiger partial charge in [0.2, 0.25) is 0 Å². The first-order valence-electron chi connectivity index (χ1n) is 7.61. The van der Waals surface area contributed by atoms with Crippen LogP contribution < -0.4 is 20.1 Å². The first-order chi connectivity index (χ1) is 9.81. The lowest BCUT2D eigenvalue weighted by molar-refractivity contribution is 0.287. The highest BCUT2D eigenvalue weighted by atomic mass is 16.5. The molecule has 0 aromatic heterocycles. The number of rotatable bonds is 11. The predicted octanol–water partition coefficient (Wildman–Crippen LogP) is 2.57. The zero-order chi connectivity index (χ0) is 14.6. The van der Waals surface area contributed by atoms with Crippen LogP contribution in [-0.4, -0.2) is 32.8 Å². The summed E-state index contributed by atoms with van der Waals surface area (Å²) in [4.78, 5) is 0. The van der Waals surface area contributed by atoms with Crippen molar-refractivity contribution >= 4 is 0 Å². The Morgan fingerprint density at radius 2 is 1.60 bits per heavy atom. The maximum atomic E-state index is 5.63. The average Bonchev–Trinajstić information content (AvgIpc) is 2.46. The van der Waals surface area contributed by atoms with Crippen LogP contribution >= 0.6 is 0 Å². The van der Waals surface area contributed by atoms with Crippen LogP contribution in [0, 0.1) is 0 Å². The normalized spacial score (nSPS) is 10.6. The van der Waals surface area contributed by atoms with Crippen molar-refractivity contribution in [3.05, 3.63) is 23.8 Å². The quantitative estimate of drug-likeness (QED) is 0.611. The highest BCUT2D eigenvalue weighted by Gasteiger charge is 2.05. The Morgan fingerprint density at radius 1 is 0.900 bits per heavy atom. The largest absolute Gasteiger partial charge is 0.490 e. The Bertz CT molecular complexity index is 369. The minimum Gasteiger partial charge on any atom is -0.490 e. The molecule has 0 fully saturated rings. The summed E-state index contributed by atoms with van der Waals surface area (Å²) in [5, 5.41) is 6.76. The molecule has 0 heterocycles. The van der Waals surface area contributed by atoms with E-state index in [0.717, 1.165) is 44.1 Å². The smallest absolute Gasteiger partial charge is 0.161 e. The molecule has 0 aliphatic heterocycles. The topological polar surface area (TPSA) is 42.5 Å². The molecule has 0 radical (unpaired) electrons. The maximum absolute atomic E-state index is 5.63. The van der Waals surface area contributed by atoms with Crippen LogP contribution in [0.5, 0.6) is 11.5 Å². The van der Waals surface area contributed by atoms with E-state index in [9.17, 15) is 0 Å². The van der Waals surface area contributed by atoms with Gasteiger partial charge in [-0.15, -0.1) is 0 Å². The van der Waals surface area contributed by atoms with Crippen LogP contribution in [0.2, 0.25) is 0 Å². The van der Waals surface area contributed by atoms with Crippen molar-refractivity contribution in [3.63, 3.8) is 0 Å². The van der Waals surface area contributed by atoms with Gasteiger partial charge in [-0.25, -0.2) is 0 Å². The molecule has 0 atom stereocenters. The summed E-state index contributed by atoms with van der Waals surface area (Å²) in [6.45, 7) is 11.4. The molecular weight excluding hydrogens is 252 g/mol. The van der Waals surface area contributed by atoms with Crippen molar-refractivity contribution in [2.45, 2.75) is 33.7 Å². The summed E-state index contributed by atoms with van der Waals surface area (Å²) in [7, 11) is 0. The first kappa shape index (κ1) is 16.8. The van der Waals surface area contributed by atoms with E-state index in [-0.39, 0.29) is 0 Å². The minimum atomic E-state index is 0.652. The zero-order valence-corrected chi connectivity index (χ0v) is 13.0. The molecule has 0 aliphatic rings. The number of ether oxygens (including phenoxy) is 2. The third kappa shape index (κ3) is 6.26. The summed E-state index contributed by atoms with van der Waals surface area (Å²) in [5.74, 6) is 1.66. The molecule has 1 aromatic rings. The fraction of sp³-hybridized carbons (Fsp3) is 0.625. The SMILES string of the molecule is CCNCCCNCc1ccc(OCC)c(OCC)c1. The molecule has 4 heteroatoms. The number of hydrogen-bond donors (Lipinski definition) is 2. The van der Waals surface area contributed by atoms with Crippen molar-refractivity contribution in [1.29, 1.82) is 0 Å². The maximum Gasteiger partial charge on any atom is 0.161 e. The van der Waals surface area contributed by atoms with Crippen molar-refractivity contribution in [2.24, 2.45) is 0 Å². The minimum absolute atomic E-state index is 0.652. The second-order valence-corrected chi connectivity index (χ2v) is 4.53. The van der Waals surface area contributed by atoms with Gasteiger partial charge in [0, 0.05) is 6.54 Å². The van der Waals surface area contributed by atoms with E-state index < -0.39 is 0 Å². The average molecular weight is 280 g/mol. The molecule has 0 amide bonds. The lowest BCUT2D eigenvalue weighted by Crippen LogP contribution is -2.21. The van der Waals surface area contributed by atoms with Crippen LogP contribution in [0.25, 0.3) is 0 Å². The lowest BCUT2D eigenvalue weighted by Gasteiger charge is -2.13. The van der Waals surface area contributed by atoms with Gasteiger partial charge >= 0.3 is 0 Å². The number of benzene rings is 1. The first-order valence-corrected chi connectivity index (χ1v) is 7.61. The molecule has 1 rings (SSSR count). The second-order valence-electron chi connectivity index (χ2n) is 4.53. The third-order valence-electron chi connectivity index (χ3n) is 2.89. The second kappa shape index (κ2) is 10.5. The highest BCUT2D eigenvalue weighted by Crippen LogP contribution is 2.28. The van der Waals surface area contributed by atoms with Gasteiger partial charge in [0.05, 0.1) is 13.2 Å². The van der Waals surface area contributed by atoms with Crippen molar-refractivity contribution < 1.29 is 9.47 Å². The molecule has 1 aromatic carbocycles. The molecule has 2 N–H and O–H groups in total. The summed E-state index contributed by atoms with van der Waals surface area (Å²) >= 11 is 0. The molecule has 0 saturated heterocycles. The monoisotopic (exact) mass is 280 g/mol. The number of hydrogen-bond acceptors (Lipinski definition) is 4. The van der Waals surface area contributed by atoms with Crippen LogP contribution in [0.4, 0.5) is 0 Å². The molecule has 114 valence electrons. The van der Waals surface area contributed by atoms with Gasteiger partial charge < -0.3 is 20.1 Å². The van der Waals surface area contributed by atoms with Gasteiger partial charge in [-0.05, 0) is 57.6 Å². The molecule has 4 nitrogen and oxygen atoms in total. The van der Waals surface area contributed by atoms with Gasteiger partial charge in [-0.2, -0.15) is 0 Å². The Kier molecular flexibility index (Phi) is 8.83. The number of nitrogens with one attached hydrogen (secondary N) is 2. The molecular formula is C16H28N2O2. The lowest BCUT2D eigenvalue weighted by atomic mass is 10.2. The van der Waals surface area contributed by atoms with E-state index in [0.29, 0.717) is 13.2 Å². The Morgan fingerprint density at radius 3 is 2.30 bits per heavy atom. The van der Waals surface area contributed by atoms with E-state index in [2.05, 4.69) is 29.7 Å². The molecule has 0 unspecified atom stereocenters. The summed E-state index contributed by atoms with van der Waals surface area (Å²) in [6.07, 6.45) is 1.14. The van der Waals surface area contributed by atoms with Crippen molar-refractivity contribution in [2.75, 3.05) is 32.8 Å². The summed E-state index contributed by atoms with van der Waals surface area (Å²) in [6, 6.07) is 6.14. The standard InChI is InChI=1S/C16H28N2O2/c1-4-17-10-7-11-18-13-14-8-9-15(19-5-2)16(12-14)20-6-3/h8-9,12,17-18H,4-7,10-11,13H2,1-3H3. The van der Waals surface area contributed by atoms with Gasteiger partial charge in [0.15, 0.2) is 11.5 Å². The fourth-order valence-electron chi connectivity index (χ4n) is 1.95. The van der Waals surface area contributed by atoms with Crippen LogP contribution in [0.15, 0.2) is 18.2 Å². The van der Waals surface area contributed by atoms with Gasteiger partial charge in [0.25, 0.3) is 0 Å². The van der Waals surface area contributed by atoms with Crippen LogP contribution in [0.1, 0.15) is 32.8 Å². The van der Waals surface area contributed by atoms with Crippen molar-refractivity contribution in [3.8, 4) is 11.5 Å². The van der Waals surface area contributed by atoms with Crippen LogP contribution in [0.3, 0.4) is 0 Å². The molecule has 0 saturated carbocycles. The Hall–Kier alpha value is -1.26. The Labute approximate surface area is 122 Å². The predicted molar refractivity (Wildman–Crippen MR) is 83.6 cm³/mol.